The SMILES string of the molecule is CC(=O)N[B]NC(=O)CCN. The molecule has 0 aromatic carbocycles. The largest absolute Gasteiger partial charge is 0.390 e. The van der Waals surface area contributed by atoms with Gasteiger partial charge in [-0.1, -0.05) is 0 Å². The van der Waals surface area contributed by atoms with Crippen molar-refractivity contribution in [2.24, 2.45) is 5.73 Å². The van der Waals surface area contributed by atoms with Gasteiger partial charge in [0.05, 0.1) is 0 Å². The summed E-state index contributed by atoms with van der Waals surface area (Å²) in [6, 6.07) is 0. The lowest BCUT2D eigenvalue weighted by Gasteiger charge is -2.00. The summed E-state index contributed by atoms with van der Waals surface area (Å²) >= 11 is 0. The number of hydrogen-bond acceptors (Lipinski definition) is 3. The van der Waals surface area contributed by atoms with Gasteiger partial charge in [0.1, 0.15) is 0 Å². The van der Waals surface area contributed by atoms with Crippen molar-refractivity contribution < 1.29 is 9.59 Å². The quantitative estimate of drug-likeness (QED) is 0.416. The van der Waals surface area contributed by atoms with E-state index in [0.29, 0.717) is 6.54 Å². The summed E-state index contributed by atoms with van der Waals surface area (Å²) in [5, 5.41) is 4.64. The molecule has 2 amide bonds. The Bertz CT molecular complexity index is 151. The molecular weight excluding hydrogens is 145 g/mol. The lowest BCUT2D eigenvalue weighted by Crippen LogP contribution is -2.40. The van der Waals surface area contributed by atoms with Gasteiger partial charge in [0.2, 0.25) is 11.8 Å². The van der Waals surface area contributed by atoms with Gasteiger partial charge in [-0.2, -0.15) is 0 Å². The van der Waals surface area contributed by atoms with E-state index in [1.165, 1.54) is 14.5 Å². The van der Waals surface area contributed by atoms with E-state index in [1.54, 1.807) is 0 Å². The highest BCUT2D eigenvalue weighted by Gasteiger charge is 2.00. The first-order chi connectivity index (χ1) is 5.16. The minimum atomic E-state index is -0.224. The standard InChI is InChI=1S/C5H11BN3O2/c1-4(10)8-6-9-5(11)2-3-7/h2-3,7H2,1H3,(H,8,10)(H,9,11). The Hall–Kier alpha value is -1.04. The molecule has 11 heavy (non-hydrogen) atoms. The second kappa shape index (κ2) is 5.73. The van der Waals surface area contributed by atoms with E-state index < -0.39 is 0 Å². The van der Waals surface area contributed by atoms with Gasteiger partial charge < -0.3 is 16.2 Å². The second-order valence-electron chi connectivity index (χ2n) is 1.95. The fourth-order valence-electron chi connectivity index (χ4n) is 0.421. The monoisotopic (exact) mass is 156 g/mol. The van der Waals surface area contributed by atoms with Crippen molar-refractivity contribution in [3.8, 4) is 0 Å². The number of carbonyl (C=O) groups is 2. The summed E-state index contributed by atoms with van der Waals surface area (Å²) in [7, 11) is 1.19. The van der Waals surface area contributed by atoms with E-state index in [1.807, 2.05) is 0 Å². The van der Waals surface area contributed by atoms with E-state index in [4.69, 9.17) is 5.73 Å². The molecule has 5 nitrogen and oxygen atoms in total. The maximum absolute atomic E-state index is 10.7. The van der Waals surface area contributed by atoms with Gasteiger partial charge >= 0.3 is 7.55 Å². The minimum absolute atomic E-state index is 0.207. The molecule has 0 spiro atoms. The molecule has 0 aromatic rings. The molecule has 0 heterocycles. The molecule has 0 aromatic heterocycles. The highest BCUT2D eigenvalue weighted by atomic mass is 16.2. The van der Waals surface area contributed by atoms with Crippen LogP contribution in [0.15, 0.2) is 0 Å². The van der Waals surface area contributed by atoms with E-state index >= 15 is 0 Å². The average Bonchev–Trinajstić information content (AvgIpc) is 1.87. The molecule has 0 saturated heterocycles. The van der Waals surface area contributed by atoms with Crippen LogP contribution in [0.2, 0.25) is 0 Å². The van der Waals surface area contributed by atoms with Crippen LogP contribution in [-0.4, -0.2) is 25.9 Å². The fraction of sp³-hybridized carbons (Fsp3) is 0.600. The van der Waals surface area contributed by atoms with Gasteiger partial charge in [0.15, 0.2) is 0 Å². The number of amides is 2. The Morgan fingerprint density at radius 2 is 2.09 bits per heavy atom. The maximum atomic E-state index is 10.7. The molecule has 1 radical (unpaired) electrons. The Balaban J connectivity index is 3.24. The number of nitrogens with two attached hydrogens (primary N) is 1. The van der Waals surface area contributed by atoms with Crippen molar-refractivity contribution in [3.05, 3.63) is 0 Å². The molecule has 0 rings (SSSR count). The van der Waals surface area contributed by atoms with Crippen LogP contribution in [0, 0.1) is 0 Å². The highest BCUT2D eigenvalue weighted by Crippen LogP contribution is 1.70. The third kappa shape index (κ3) is 6.86. The highest BCUT2D eigenvalue weighted by molar-refractivity contribution is 6.38. The summed E-state index contributed by atoms with van der Waals surface area (Å²) in [6.45, 7) is 1.66. The van der Waals surface area contributed by atoms with Gasteiger partial charge in [-0.15, -0.1) is 0 Å². The Kier molecular flexibility index (Phi) is 5.19. The van der Waals surface area contributed by atoms with Crippen molar-refractivity contribution in [3.63, 3.8) is 0 Å². The number of hydrogen-bond donors (Lipinski definition) is 3. The molecule has 0 saturated carbocycles. The first-order valence-electron chi connectivity index (χ1n) is 3.25. The smallest absolute Gasteiger partial charge is 0.383 e. The Morgan fingerprint density at radius 1 is 1.45 bits per heavy atom. The maximum Gasteiger partial charge on any atom is 0.390 e. The molecule has 6 heteroatoms. The predicted molar refractivity (Wildman–Crippen MR) is 41.4 cm³/mol. The molecule has 0 aliphatic rings. The van der Waals surface area contributed by atoms with Crippen molar-refractivity contribution in [2.75, 3.05) is 6.54 Å². The third-order valence-electron chi connectivity index (χ3n) is 0.880. The van der Waals surface area contributed by atoms with E-state index in [2.05, 4.69) is 10.5 Å². The van der Waals surface area contributed by atoms with Crippen molar-refractivity contribution >= 4 is 19.4 Å². The molecular formula is C5H11BN3O2. The summed E-state index contributed by atoms with van der Waals surface area (Å²) in [5.74, 6) is -0.431. The summed E-state index contributed by atoms with van der Waals surface area (Å²) in [4.78, 5) is 20.9. The first kappa shape index (κ1) is 9.96. The lowest BCUT2D eigenvalue weighted by atomic mass is 10.1. The van der Waals surface area contributed by atoms with Crippen LogP contribution in [0.5, 0.6) is 0 Å². The van der Waals surface area contributed by atoms with Crippen LogP contribution < -0.4 is 16.2 Å². The molecule has 0 aliphatic heterocycles. The van der Waals surface area contributed by atoms with Gasteiger partial charge in [0.25, 0.3) is 0 Å². The molecule has 0 bridgehead atoms. The number of nitrogens with one attached hydrogen (secondary N) is 2. The van der Waals surface area contributed by atoms with Gasteiger partial charge in [-0.25, -0.2) is 0 Å². The number of carbonyl (C=O) groups excluding carboxylic acids is 2. The zero-order valence-electron chi connectivity index (χ0n) is 6.39. The van der Waals surface area contributed by atoms with Crippen LogP contribution in [-0.2, 0) is 9.59 Å². The van der Waals surface area contributed by atoms with Crippen LogP contribution >= 0.6 is 0 Å². The molecule has 0 unspecified atom stereocenters. The molecule has 0 atom stereocenters. The fourth-order valence-corrected chi connectivity index (χ4v) is 0.421. The minimum Gasteiger partial charge on any atom is -0.383 e. The van der Waals surface area contributed by atoms with Crippen LogP contribution in [0.25, 0.3) is 0 Å². The van der Waals surface area contributed by atoms with E-state index in [0.717, 1.165) is 0 Å². The summed E-state index contributed by atoms with van der Waals surface area (Å²) in [6.07, 6.45) is 0.260. The Morgan fingerprint density at radius 3 is 2.55 bits per heavy atom. The zero-order valence-corrected chi connectivity index (χ0v) is 6.39. The van der Waals surface area contributed by atoms with Gasteiger partial charge in [0, 0.05) is 19.9 Å². The van der Waals surface area contributed by atoms with Gasteiger partial charge in [-0.3, -0.25) is 9.59 Å². The lowest BCUT2D eigenvalue weighted by molar-refractivity contribution is -0.119. The van der Waals surface area contributed by atoms with E-state index in [9.17, 15) is 9.59 Å². The first-order valence-corrected chi connectivity index (χ1v) is 3.25. The molecule has 61 valence electrons. The van der Waals surface area contributed by atoms with Crippen molar-refractivity contribution in [1.82, 2.24) is 10.5 Å². The van der Waals surface area contributed by atoms with Crippen molar-refractivity contribution in [2.45, 2.75) is 13.3 Å². The van der Waals surface area contributed by atoms with Crippen LogP contribution in [0.1, 0.15) is 13.3 Å². The Labute approximate surface area is 66.0 Å². The normalized spacial score (nSPS) is 8.55. The topological polar surface area (TPSA) is 84.2 Å². The van der Waals surface area contributed by atoms with Crippen LogP contribution in [0.3, 0.4) is 0 Å². The average molecular weight is 156 g/mol. The molecule has 4 N–H and O–H groups in total. The number of rotatable bonds is 4. The molecule has 0 fully saturated rings. The molecule has 0 aliphatic carbocycles. The van der Waals surface area contributed by atoms with Gasteiger partial charge in [-0.05, 0) is 0 Å². The third-order valence-corrected chi connectivity index (χ3v) is 0.880. The predicted octanol–water partition coefficient (Wildman–Crippen LogP) is -1.88. The van der Waals surface area contributed by atoms with Crippen LogP contribution in [0.4, 0.5) is 0 Å². The van der Waals surface area contributed by atoms with E-state index in [-0.39, 0.29) is 18.2 Å². The summed E-state index contributed by atoms with van der Waals surface area (Å²) in [5.41, 5.74) is 5.10. The zero-order chi connectivity index (χ0) is 8.69. The summed E-state index contributed by atoms with van der Waals surface area (Å²) < 4.78 is 0. The van der Waals surface area contributed by atoms with Crippen molar-refractivity contribution in [1.29, 1.82) is 0 Å². The second-order valence-corrected chi connectivity index (χ2v) is 1.95.